The quantitative estimate of drug-likeness (QED) is 0.798. The average Bonchev–Trinajstić information content (AvgIpc) is 2.68. The number of hydrogen-bond donors (Lipinski definition) is 1. The number of piperazine rings is 1. The Labute approximate surface area is 147 Å². The van der Waals surface area contributed by atoms with Gasteiger partial charge in [0.1, 0.15) is 5.82 Å². The highest BCUT2D eigenvalue weighted by atomic mass is 19.1. The second kappa shape index (κ2) is 6.54. The third kappa shape index (κ3) is 2.71. The topological polar surface area (TPSA) is 39.0 Å². The van der Waals surface area contributed by atoms with Crippen LogP contribution in [0.4, 0.5) is 4.39 Å². The summed E-state index contributed by atoms with van der Waals surface area (Å²) in [5.74, 6) is -0.196. The van der Waals surface area contributed by atoms with Crippen LogP contribution in [0.3, 0.4) is 0 Å². The molecule has 2 unspecified atom stereocenters. The number of nitrogens with zero attached hydrogens (tertiary/aromatic N) is 2. The van der Waals surface area contributed by atoms with E-state index in [1.807, 2.05) is 36.4 Å². The number of fused-ring (bicyclic) bond motifs is 1. The lowest BCUT2D eigenvalue weighted by Crippen LogP contribution is -2.55. The first-order chi connectivity index (χ1) is 12.2. The van der Waals surface area contributed by atoms with E-state index >= 15 is 0 Å². The maximum atomic E-state index is 14.8. The summed E-state index contributed by atoms with van der Waals surface area (Å²) < 4.78 is 14.8. The van der Waals surface area contributed by atoms with Crippen LogP contribution in [0.15, 0.2) is 60.8 Å². The van der Waals surface area contributed by atoms with Crippen molar-refractivity contribution < 1.29 is 4.39 Å². The predicted molar refractivity (Wildman–Crippen MR) is 98.3 cm³/mol. The van der Waals surface area contributed by atoms with E-state index in [1.165, 1.54) is 6.07 Å². The van der Waals surface area contributed by atoms with Crippen molar-refractivity contribution >= 4 is 10.9 Å². The van der Waals surface area contributed by atoms with Gasteiger partial charge in [-0.3, -0.25) is 4.98 Å². The van der Waals surface area contributed by atoms with Crippen LogP contribution in [0.25, 0.3) is 10.9 Å². The second-order valence-electron chi connectivity index (χ2n) is 6.69. The van der Waals surface area contributed by atoms with E-state index < -0.39 is 5.41 Å². The maximum Gasteiger partial charge on any atom is 0.127 e. The zero-order valence-corrected chi connectivity index (χ0v) is 14.2. The summed E-state index contributed by atoms with van der Waals surface area (Å²) in [7, 11) is 0. The molecule has 1 fully saturated rings. The summed E-state index contributed by atoms with van der Waals surface area (Å²) in [5, 5.41) is 9.32. The van der Waals surface area contributed by atoms with Crippen LogP contribution in [-0.4, -0.2) is 30.7 Å². The lowest BCUT2D eigenvalue weighted by Gasteiger charge is -2.41. The Morgan fingerprint density at radius 3 is 2.64 bits per heavy atom. The molecule has 1 aliphatic rings. The summed E-state index contributed by atoms with van der Waals surface area (Å²) in [4.78, 5) is 4.61. The molecule has 2 atom stereocenters. The first-order valence-electron chi connectivity index (χ1n) is 8.68. The third-order valence-corrected chi connectivity index (χ3v) is 5.27. The van der Waals surface area contributed by atoms with Crippen molar-refractivity contribution in [2.24, 2.45) is 0 Å². The van der Waals surface area contributed by atoms with E-state index in [-0.39, 0.29) is 11.9 Å². The SMILES string of the molecule is CC(c1ccccc1F)(c1cccc2cccnc12)C1CNCC[N]1. The van der Waals surface area contributed by atoms with Gasteiger partial charge in [0.25, 0.3) is 0 Å². The van der Waals surface area contributed by atoms with Crippen molar-refractivity contribution in [1.82, 2.24) is 15.6 Å². The van der Waals surface area contributed by atoms with Gasteiger partial charge in [-0.2, -0.15) is 0 Å². The molecule has 0 bridgehead atoms. The molecule has 2 heterocycles. The Balaban J connectivity index is 1.98. The van der Waals surface area contributed by atoms with Crippen LogP contribution in [0.1, 0.15) is 18.1 Å². The molecule has 0 saturated carbocycles. The van der Waals surface area contributed by atoms with E-state index in [2.05, 4.69) is 23.3 Å². The number of pyridine rings is 1. The van der Waals surface area contributed by atoms with Crippen molar-refractivity contribution in [2.45, 2.75) is 18.4 Å². The van der Waals surface area contributed by atoms with E-state index in [4.69, 9.17) is 5.32 Å². The Bertz CT molecular complexity index is 884. The van der Waals surface area contributed by atoms with Crippen molar-refractivity contribution in [1.29, 1.82) is 0 Å². The lowest BCUT2D eigenvalue weighted by molar-refractivity contribution is 0.305. The molecule has 1 saturated heterocycles. The fraction of sp³-hybridized carbons (Fsp3) is 0.286. The largest absolute Gasteiger partial charge is 0.314 e. The van der Waals surface area contributed by atoms with Gasteiger partial charge in [0, 0.05) is 36.6 Å². The number of rotatable bonds is 3. The zero-order valence-electron chi connectivity index (χ0n) is 14.2. The number of benzene rings is 2. The summed E-state index contributed by atoms with van der Waals surface area (Å²) in [6.07, 6.45) is 1.80. The van der Waals surface area contributed by atoms with Crippen molar-refractivity contribution in [3.63, 3.8) is 0 Å². The molecule has 1 N–H and O–H groups in total. The van der Waals surface area contributed by atoms with Crippen LogP contribution in [-0.2, 0) is 5.41 Å². The summed E-state index contributed by atoms with van der Waals surface area (Å²) in [6, 6.07) is 17.1. The molecule has 2 aromatic carbocycles. The van der Waals surface area contributed by atoms with E-state index in [9.17, 15) is 4.39 Å². The molecule has 0 spiro atoms. The van der Waals surface area contributed by atoms with Gasteiger partial charge in [0.2, 0.25) is 0 Å². The van der Waals surface area contributed by atoms with E-state index in [0.717, 1.165) is 36.1 Å². The Morgan fingerprint density at radius 1 is 1.04 bits per heavy atom. The molecular formula is C21H21FN3. The van der Waals surface area contributed by atoms with Crippen LogP contribution in [0.5, 0.6) is 0 Å². The molecule has 3 nitrogen and oxygen atoms in total. The van der Waals surface area contributed by atoms with Crippen molar-refractivity contribution in [3.05, 3.63) is 77.7 Å². The van der Waals surface area contributed by atoms with Crippen LogP contribution in [0, 0.1) is 5.82 Å². The monoisotopic (exact) mass is 334 g/mol. The highest BCUT2D eigenvalue weighted by Crippen LogP contribution is 2.40. The van der Waals surface area contributed by atoms with Gasteiger partial charge in [-0.25, -0.2) is 9.71 Å². The molecule has 127 valence electrons. The summed E-state index contributed by atoms with van der Waals surface area (Å²) in [6.45, 7) is 4.44. The first kappa shape index (κ1) is 16.2. The highest BCUT2D eigenvalue weighted by Gasteiger charge is 2.42. The minimum absolute atomic E-state index is 0.0502. The third-order valence-electron chi connectivity index (χ3n) is 5.27. The van der Waals surface area contributed by atoms with Gasteiger partial charge >= 0.3 is 0 Å². The standard InChI is InChI=1S/C21H21FN3/c1-21(19-14-23-12-13-24-19,16-8-2-3-10-18(16)22)17-9-4-6-15-7-5-11-25-20(15)17/h2-11,19,23H,12-14H2,1H3. The van der Waals surface area contributed by atoms with E-state index in [1.54, 1.807) is 12.3 Å². The van der Waals surface area contributed by atoms with Gasteiger partial charge in [0.05, 0.1) is 11.6 Å². The zero-order chi connectivity index (χ0) is 17.3. The highest BCUT2D eigenvalue weighted by molar-refractivity contribution is 5.83. The molecule has 4 rings (SSSR count). The molecule has 4 heteroatoms. The molecule has 0 amide bonds. The van der Waals surface area contributed by atoms with Gasteiger partial charge in [-0.1, -0.05) is 42.5 Å². The number of aromatic nitrogens is 1. The van der Waals surface area contributed by atoms with Gasteiger partial charge in [0.15, 0.2) is 0 Å². The molecule has 1 radical (unpaired) electrons. The summed E-state index contributed by atoms with van der Waals surface area (Å²) >= 11 is 0. The minimum Gasteiger partial charge on any atom is -0.314 e. The Kier molecular flexibility index (Phi) is 4.24. The molecule has 0 aliphatic carbocycles. The fourth-order valence-corrected chi connectivity index (χ4v) is 3.90. The minimum atomic E-state index is -0.591. The maximum absolute atomic E-state index is 14.8. The Hall–Kier alpha value is -2.30. The molecular weight excluding hydrogens is 313 g/mol. The first-order valence-corrected chi connectivity index (χ1v) is 8.68. The lowest BCUT2D eigenvalue weighted by atomic mass is 9.69. The number of halogens is 1. The van der Waals surface area contributed by atoms with Gasteiger partial charge < -0.3 is 5.32 Å². The number of nitrogens with one attached hydrogen (secondary N) is 1. The number of hydrogen-bond acceptors (Lipinski definition) is 2. The second-order valence-corrected chi connectivity index (χ2v) is 6.69. The average molecular weight is 334 g/mol. The van der Waals surface area contributed by atoms with Crippen molar-refractivity contribution in [2.75, 3.05) is 19.6 Å². The van der Waals surface area contributed by atoms with Gasteiger partial charge in [-0.05, 0) is 30.2 Å². The molecule has 3 aromatic rings. The Morgan fingerprint density at radius 2 is 1.84 bits per heavy atom. The van der Waals surface area contributed by atoms with Crippen molar-refractivity contribution in [3.8, 4) is 0 Å². The smallest absolute Gasteiger partial charge is 0.127 e. The van der Waals surface area contributed by atoms with Crippen LogP contribution >= 0.6 is 0 Å². The van der Waals surface area contributed by atoms with Crippen LogP contribution < -0.4 is 10.6 Å². The number of para-hydroxylation sites is 1. The van der Waals surface area contributed by atoms with Gasteiger partial charge in [-0.15, -0.1) is 0 Å². The van der Waals surface area contributed by atoms with Crippen LogP contribution in [0.2, 0.25) is 0 Å². The normalized spacial score (nSPS) is 20.3. The summed E-state index contributed by atoms with van der Waals surface area (Å²) in [5.41, 5.74) is 2.02. The molecule has 1 aromatic heterocycles. The van der Waals surface area contributed by atoms with E-state index in [0.29, 0.717) is 5.56 Å². The fourth-order valence-electron chi connectivity index (χ4n) is 3.90. The molecule has 1 aliphatic heterocycles. The predicted octanol–water partition coefficient (Wildman–Crippen LogP) is 3.26. The molecule has 25 heavy (non-hydrogen) atoms.